The van der Waals surface area contributed by atoms with Gasteiger partial charge in [0.05, 0.1) is 0 Å². The van der Waals surface area contributed by atoms with Crippen LogP contribution in [0.1, 0.15) is 23.1 Å². The number of hydrogen-bond acceptors (Lipinski definition) is 3. The first kappa shape index (κ1) is 15.3. The van der Waals surface area contributed by atoms with Crippen molar-refractivity contribution in [2.24, 2.45) is 0 Å². The molecule has 4 nitrogen and oxygen atoms in total. The Hall–Kier alpha value is -2.62. The minimum Gasteiger partial charge on any atom is -0.443 e. The van der Waals surface area contributed by atoms with Crippen LogP contribution in [0, 0.1) is 6.92 Å². The van der Waals surface area contributed by atoms with E-state index in [1.165, 1.54) is 17.5 Å². The van der Waals surface area contributed by atoms with Gasteiger partial charge in [-0.15, -0.1) is 0 Å². The molecule has 0 fully saturated rings. The van der Waals surface area contributed by atoms with E-state index in [1.54, 1.807) is 0 Å². The van der Waals surface area contributed by atoms with E-state index in [9.17, 15) is 4.79 Å². The third kappa shape index (κ3) is 4.19. The minimum atomic E-state index is 0.0908. The zero-order valence-electron chi connectivity index (χ0n) is 13.2. The first-order valence-corrected chi connectivity index (χ1v) is 7.85. The van der Waals surface area contributed by atoms with Crippen molar-refractivity contribution in [1.29, 1.82) is 0 Å². The quantitative estimate of drug-likeness (QED) is 0.759. The molecule has 1 N–H and O–H groups in total. The third-order valence-corrected chi connectivity index (χ3v) is 3.89. The molecule has 0 saturated carbocycles. The summed E-state index contributed by atoms with van der Waals surface area (Å²) in [6.45, 7) is 2.70. The van der Waals surface area contributed by atoms with E-state index in [-0.39, 0.29) is 5.91 Å². The number of carbonyl (C=O) groups is 1. The van der Waals surface area contributed by atoms with E-state index in [2.05, 4.69) is 41.5 Å². The van der Waals surface area contributed by atoms with Crippen LogP contribution in [0.25, 0.3) is 11.1 Å². The van der Waals surface area contributed by atoms with Crippen molar-refractivity contribution in [2.75, 3.05) is 6.54 Å². The Morgan fingerprint density at radius 1 is 1.09 bits per heavy atom. The average Bonchev–Trinajstić information content (AvgIpc) is 3.02. The van der Waals surface area contributed by atoms with E-state index < -0.39 is 0 Å². The van der Waals surface area contributed by atoms with Gasteiger partial charge in [-0.25, -0.2) is 4.98 Å². The Bertz CT molecular complexity index is 790. The highest BCUT2D eigenvalue weighted by Gasteiger charge is 2.04. The number of amides is 1. The second-order valence-corrected chi connectivity index (χ2v) is 5.74. The topological polar surface area (TPSA) is 55.1 Å². The molecule has 4 heteroatoms. The predicted molar refractivity (Wildman–Crippen MR) is 90.2 cm³/mol. The van der Waals surface area contributed by atoms with Crippen LogP contribution in [0.5, 0.6) is 0 Å². The van der Waals surface area contributed by atoms with E-state index in [1.807, 2.05) is 18.2 Å². The fourth-order valence-electron chi connectivity index (χ4n) is 2.51. The molecule has 0 spiro atoms. The Labute approximate surface area is 135 Å². The molecule has 0 saturated heterocycles. The second-order valence-electron chi connectivity index (χ2n) is 5.74. The normalized spacial score (nSPS) is 10.8. The van der Waals surface area contributed by atoms with Crippen LogP contribution < -0.4 is 5.32 Å². The molecular weight excluding hydrogens is 288 g/mol. The van der Waals surface area contributed by atoms with Crippen LogP contribution in [0.3, 0.4) is 0 Å². The van der Waals surface area contributed by atoms with Crippen LogP contribution in [-0.4, -0.2) is 17.4 Å². The highest BCUT2D eigenvalue weighted by atomic mass is 16.3. The summed E-state index contributed by atoms with van der Waals surface area (Å²) in [5.41, 5.74) is 5.22. The number of fused-ring (bicyclic) bond motifs is 1. The van der Waals surface area contributed by atoms with Gasteiger partial charge in [0, 0.05) is 13.0 Å². The maximum atomic E-state index is 11.9. The molecule has 0 bridgehead atoms. The van der Waals surface area contributed by atoms with Crippen molar-refractivity contribution in [2.45, 2.75) is 26.2 Å². The van der Waals surface area contributed by atoms with Gasteiger partial charge in [0.2, 0.25) is 5.91 Å². The van der Waals surface area contributed by atoms with Crippen molar-refractivity contribution in [3.05, 3.63) is 65.5 Å². The molecule has 23 heavy (non-hydrogen) atoms. The number of carbonyl (C=O) groups excluding carboxylic acids is 1. The summed E-state index contributed by atoms with van der Waals surface area (Å²) in [7, 11) is 0. The van der Waals surface area contributed by atoms with Gasteiger partial charge in [-0.1, -0.05) is 35.9 Å². The number of rotatable bonds is 6. The number of nitrogens with zero attached hydrogens (tertiary/aromatic N) is 1. The SMILES string of the molecule is Cc1ccc(CCC(=O)NCCc2ccc3ocnc3c2)cc1. The fraction of sp³-hybridized carbons (Fsp3) is 0.263. The third-order valence-electron chi connectivity index (χ3n) is 3.89. The van der Waals surface area contributed by atoms with Crippen molar-refractivity contribution >= 4 is 17.0 Å². The molecule has 0 radical (unpaired) electrons. The van der Waals surface area contributed by atoms with E-state index in [4.69, 9.17) is 4.42 Å². The first-order valence-electron chi connectivity index (χ1n) is 7.85. The smallest absolute Gasteiger partial charge is 0.220 e. The summed E-state index contributed by atoms with van der Waals surface area (Å²) in [5, 5.41) is 2.97. The van der Waals surface area contributed by atoms with Gasteiger partial charge < -0.3 is 9.73 Å². The molecule has 1 amide bonds. The summed E-state index contributed by atoms with van der Waals surface area (Å²) in [6.07, 6.45) is 3.53. The Morgan fingerprint density at radius 3 is 2.70 bits per heavy atom. The lowest BCUT2D eigenvalue weighted by molar-refractivity contribution is -0.121. The lowest BCUT2D eigenvalue weighted by Gasteiger charge is -2.06. The summed E-state index contributed by atoms with van der Waals surface area (Å²) in [6, 6.07) is 14.2. The molecule has 3 aromatic rings. The number of nitrogens with one attached hydrogen (secondary N) is 1. The van der Waals surface area contributed by atoms with Crippen molar-refractivity contribution < 1.29 is 9.21 Å². The summed E-state index contributed by atoms with van der Waals surface area (Å²) < 4.78 is 5.22. The van der Waals surface area contributed by atoms with E-state index >= 15 is 0 Å². The molecule has 0 aliphatic heterocycles. The molecular formula is C19H20N2O2. The van der Waals surface area contributed by atoms with Crippen LogP contribution in [0.4, 0.5) is 0 Å². The molecule has 1 heterocycles. The van der Waals surface area contributed by atoms with Gasteiger partial charge in [-0.05, 0) is 43.0 Å². The summed E-state index contributed by atoms with van der Waals surface area (Å²) in [4.78, 5) is 16.0. The standard InChI is InChI=1S/C19H20N2O2/c1-14-2-4-15(5-3-14)7-9-19(22)20-11-10-16-6-8-18-17(12-16)21-13-23-18/h2-6,8,12-13H,7,9-11H2,1H3,(H,20,22). The summed E-state index contributed by atoms with van der Waals surface area (Å²) in [5.74, 6) is 0.0908. The first-order chi connectivity index (χ1) is 11.2. The Kier molecular flexibility index (Phi) is 4.71. The average molecular weight is 308 g/mol. The second kappa shape index (κ2) is 7.09. The predicted octanol–water partition coefficient (Wildman–Crippen LogP) is 3.43. The molecule has 118 valence electrons. The maximum absolute atomic E-state index is 11.9. The molecule has 3 rings (SSSR count). The number of benzene rings is 2. The fourth-order valence-corrected chi connectivity index (χ4v) is 2.51. The van der Waals surface area contributed by atoms with Gasteiger partial charge >= 0.3 is 0 Å². The maximum Gasteiger partial charge on any atom is 0.220 e. The lowest BCUT2D eigenvalue weighted by atomic mass is 10.1. The molecule has 0 atom stereocenters. The molecule has 0 aliphatic rings. The van der Waals surface area contributed by atoms with Crippen molar-refractivity contribution in [3.8, 4) is 0 Å². The number of aromatic nitrogens is 1. The summed E-state index contributed by atoms with van der Waals surface area (Å²) >= 11 is 0. The van der Waals surface area contributed by atoms with Crippen molar-refractivity contribution in [1.82, 2.24) is 10.3 Å². The lowest BCUT2D eigenvalue weighted by Crippen LogP contribution is -2.25. The van der Waals surface area contributed by atoms with Gasteiger partial charge in [0.15, 0.2) is 12.0 Å². The Balaban J connectivity index is 1.42. The van der Waals surface area contributed by atoms with Gasteiger partial charge in [-0.2, -0.15) is 0 Å². The van der Waals surface area contributed by atoms with Gasteiger partial charge in [-0.3, -0.25) is 4.79 Å². The van der Waals surface area contributed by atoms with Crippen LogP contribution in [0.2, 0.25) is 0 Å². The van der Waals surface area contributed by atoms with Gasteiger partial charge in [0.1, 0.15) is 5.52 Å². The van der Waals surface area contributed by atoms with Crippen LogP contribution >= 0.6 is 0 Å². The molecule has 0 unspecified atom stereocenters. The van der Waals surface area contributed by atoms with E-state index in [0.29, 0.717) is 13.0 Å². The Morgan fingerprint density at radius 2 is 1.87 bits per heavy atom. The van der Waals surface area contributed by atoms with Crippen LogP contribution in [-0.2, 0) is 17.6 Å². The van der Waals surface area contributed by atoms with Crippen LogP contribution in [0.15, 0.2) is 53.3 Å². The van der Waals surface area contributed by atoms with Gasteiger partial charge in [0.25, 0.3) is 0 Å². The monoisotopic (exact) mass is 308 g/mol. The zero-order valence-corrected chi connectivity index (χ0v) is 13.2. The van der Waals surface area contributed by atoms with E-state index in [0.717, 1.165) is 29.5 Å². The minimum absolute atomic E-state index is 0.0908. The molecule has 0 aliphatic carbocycles. The number of aryl methyl sites for hydroxylation is 2. The highest BCUT2D eigenvalue weighted by molar-refractivity contribution is 5.76. The number of oxazole rings is 1. The molecule has 2 aromatic carbocycles. The molecule has 1 aromatic heterocycles. The van der Waals surface area contributed by atoms with Crippen molar-refractivity contribution in [3.63, 3.8) is 0 Å². The largest absolute Gasteiger partial charge is 0.443 e. The highest BCUT2D eigenvalue weighted by Crippen LogP contribution is 2.14. The zero-order chi connectivity index (χ0) is 16.1. The number of hydrogen-bond donors (Lipinski definition) is 1.